The number of thiophene rings is 1. The van der Waals surface area contributed by atoms with E-state index in [0.29, 0.717) is 17.0 Å². The van der Waals surface area contributed by atoms with Gasteiger partial charge in [-0.1, -0.05) is 37.3 Å². The fraction of sp³-hybridized carbons (Fsp3) is 0.409. The minimum atomic E-state index is -0.466. The molecule has 0 unspecified atom stereocenters. The molecule has 1 aliphatic carbocycles. The van der Waals surface area contributed by atoms with Gasteiger partial charge in [-0.2, -0.15) is 0 Å². The lowest BCUT2D eigenvalue weighted by atomic mass is 9.97. The number of hydrogen-bond donors (Lipinski definition) is 1. The smallest absolute Gasteiger partial charge is 0.341 e. The SMILES string of the molecule is CCOC(=O)c1c(NC(=O)COC(=O)[C@@H](CC)c2ccccc2)sc2c1CCC2. The molecule has 0 spiro atoms. The number of aryl methyl sites for hydroxylation is 1. The van der Waals surface area contributed by atoms with Crippen LogP contribution in [0.2, 0.25) is 0 Å². The van der Waals surface area contributed by atoms with E-state index in [9.17, 15) is 14.4 Å². The first-order valence-corrected chi connectivity index (χ1v) is 10.7. The largest absolute Gasteiger partial charge is 0.462 e. The normalized spacial score (nSPS) is 13.4. The first-order chi connectivity index (χ1) is 14.0. The van der Waals surface area contributed by atoms with E-state index in [2.05, 4.69) is 5.32 Å². The number of ether oxygens (including phenoxy) is 2. The van der Waals surface area contributed by atoms with Crippen LogP contribution in [0.15, 0.2) is 30.3 Å². The van der Waals surface area contributed by atoms with Gasteiger partial charge in [0.1, 0.15) is 5.00 Å². The van der Waals surface area contributed by atoms with Crippen molar-refractivity contribution < 1.29 is 23.9 Å². The van der Waals surface area contributed by atoms with Crippen molar-refractivity contribution in [2.75, 3.05) is 18.5 Å². The number of rotatable bonds is 8. The van der Waals surface area contributed by atoms with Crippen molar-refractivity contribution in [1.29, 1.82) is 0 Å². The Hall–Kier alpha value is -2.67. The number of carbonyl (C=O) groups excluding carboxylic acids is 3. The van der Waals surface area contributed by atoms with E-state index in [1.54, 1.807) is 6.92 Å². The zero-order chi connectivity index (χ0) is 20.8. The van der Waals surface area contributed by atoms with Crippen molar-refractivity contribution in [3.63, 3.8) is 0 Å². The molecule has 0 saturated carbocycles. The number of benzene rings is 1. The average Bonchev–Trinajstić information content (AvgIpc) is 3.28. The molecule has 0 aliphatic heterocycles. The summed E-state index contributed by atoms with van der Waals surface area (Å²) in [4.78, 5) is 38.3. The second kappa shape index (κ2) is 9.69. The fourth-order valence-corrected chi connectivity index (χ4v) is 4.83. The third-order valence-corrected chi connectivity index (χ3v) is 6.10. The summed E-state index contributed by atoms with van der Waals surface area (Å²) >= 11 is 1.40. The zero-order valence-electron chi connectivity index (χ0n) is 16.7. The number of esters is 2. The highest BCUT2D eigenvalue weighted by atomic mass is 32.1. The first-order valence-electron chi connectivity index (χ1n) is 9.88. The predicted octanol–water partition coefficient (Wildman–Crippen LogP) is 4.09. The molecule has 1 atom stereocenters. The molecular weight excluding hydrogens is 390 g/mol. The Labute approximate surface area is 174 Å². The van der Waals surface area contributed by atoms with Crippen molar-refractivity contribution in [2.24, 2.45) is 0 Å². The molecular formula is C22H25NO5S. The van der Waals surface area contributed by atoms with Gasteiger partial charge < -0.3 is 14.8 Å². The molecule has 1 heterocycles. The Bertz CT molecular complexity index is 890. The number of fused-ring (bicyclic) bond motifs is 1. The minimum absolute atomic E-state index is 0.270. The molecule has 1 aromatic carbocycles. The van der Waals surface area contributed by atoms with E-state index in [1.165, 1.54) is 11.3 Å². The van der Waals surface area contributed by atoms with Crippen molar-refractivity contribution in [3.05, 3.63) is 51.9 Å². The standard InChI is InChI=1S/C22H25NO5S/c1-3-15(14-9-6-5-7-10-14)21(25)28-13-18(24)23-20-19(22(26)27-4-2)16-11-8-12-17(16)29-20/h5-7,9-10,15H,3-4,8,11-13H2,1-2H3,(H,23,24)/t15-/m0/s1. The maximum Gasteiger partial charge on any atom is 0.341 e. The number of hydrogen-bond acceptors (Lipinski definition) is 6. The van der Waals surface area contributed by atoms with Gasteiger partial charge in [0.05, 0.1) is 18.1 Å². The number of carbonyl (C=O) groups is 3. The molecule has 1 aromatic heterocycles. The second-order valence-electron chi connectivity index (χ2n) is 6.81. The van der Waals surface area contributed by atoms with Gasteiger partial charge >= 0.3 is 11.9 Å². The Kier molecular flexibility index (Phi) is 7.04. The van der Waals surface area contributed by atoms with E-state index < -0.39 is 30.4 Å². The summed E-state index contributed by atoms with van der Waals surface area (Å²) in [5.74, 6) is -1.74. The molecule has 29 heavy (non-hydrogen) atoms. The molecule has 154 valence electrons. The predicted molar refractivity (Wildman–Crippen MR) is 111 cm³/mol. The lowest BCUT2D eigenvalue weighted by molar-refractivity contribution is -0.149. The summed E-state index contributed by atoms with van der Waals surface area (Å²) in [5, 5.41) is 3.21. The lowest BCUT2D eigenvalue weighted by Gasteiger charge is -2.14. The highest BCUT2D eigenvalue weighted by molar-refractivity contribution is 7.17. The Balaban J connectivity index is 1.64. The number of anilines is 1. The Morgan fingerprint density at radius 2 is 1.86 bits per heavy atom. The molecule has 3 rings (SSSR count). The lowest BCUT2D eigenvalue weighted by Crippen LogP contribution is -2.24. The van der Waals surface area contributed by atoms with Gasteiger partial charge in [-0.25, -0.2) is 4.79 Å². The molecule has 0 radical (unpaired) electrons. The van der Waals surface area contributed by atoms with Crippen LogP contribution in [0.5, 0.6) is 0 Å². The molecule has 1 N–H and O–H groups in total. The van der Waals surface area contributed by atoms with Crippen molar-refractivity contribution in [1.82, 2.24) is 0 Å². The molecule has 1 aliphatic rings. The maximum absolute atomic E-state index is 12.4. The van der Waals surface area contributed by atoms with Crippen LogP contribution in [0.4, 0.5) is 5.00 Å². The van der Waals surface area contributed by atoms with Crippen LogP contribution in [0, 0.1) is 0 Å². The topological polar surface area (TPSA) is 81.7 Å². The van der Waals surface area contributed by atoms with Crippen molar-refractivity contribution in [2.45, 2.75) is 45.4 Å². The van der Waals surface area contributed by atoms with E-state index in [1.807, 2.05) is 37.3 Å². The third kappa shape index (κ3) is 4.85. The van der Waals surface area contributed by atoms with Crippen LogP contribution in [0.1, 0.15) is 59.0 Å². The number of nitrogens with one attached hydrogen (secondary N) is 1. The van der Waals surface area contributed by atoms with Gasteiger partial charge in [0.2, 0.25) is 0 Å². The molecule has 0 bridgehead atoms. The summed E-state index contributed by atoms with van der Waals surface area (Å²) in [5.41, 5.74) is 2.27. The summed E-state index contributed by atoms with van der Waals surface area (Å²) in [6.07, 6.45) is 3.28. The van der Waals surface area contributed by atoms with Crippen LogP contribution in [0.25, 0.3) is 0 Å². The summed E-state index contributed by atoms with van der Waals surface area (Å²) in [6.45, 7) is 3.52. The first kappa shape index (κ1) is 21.0. The highest BCUT2D eigenvalue weighted by Gasteiger charge is 2.28. The van der Waals surface area contributed by atoms with Gasteiger partial charge in [0.25, 0.3) is 5.91 Å². The fourth-order valence-electron chi connectivity index (χ4n) is 3.54. The van der Waals surface area contributed by atoms with Gasteiger partial charge in [0.15, 0.2) is 6.61 Å². The molecule has 2 aromatic rings. The molecule has 0 saturated heterocycles. The minimum Gasteiger partial charge on any atom is -0.462 e. The van der Waals surface area contributed by atoms with E-state index in [4.69, 9.17) is 9.47 Å². The molecule has 6 nitrogen and oxygen atoms in total. The summed E-state index contributed by atoms with van der Waals surface area (Å²) in [6, 6.07) is 9.35. The molecule has 0 fully saturated rings. The Morgan fingerprint density at radius 3 is 2.55 bits per heavy atom. The van der Waals surface area contributed by atoms with E-state index in [-0.39, 0.29) is 6.61 Å². The second-order valence-corrected chi connectivity index (χ2v) is 7.91. The van der Waals surface area contributed by atoms with Gasteiger partial charge in [-0.05, 0) is 43.7 Å². The quantitative estimate of drug-likeness (QED) is 0.657. The monoisotopic (exact) mass is 415 g/mol. The molecule has 7 heteroatoms. The van der Waals surface area contributed by atoms with Crippen molar-refractivity contribution >= 4 is 34.2 Å². The van der Waals surface area contributed by atoms with Gasteiger partial charge in [-0.3, -0.25) is 9.59 Å². The average molecular weight is 416 g/mol. The highest BCUT2D eigenvalue weighted by Crippen LogP contribution is 2.39. The van der Waals surface area contributed by atoms with Crippen LogP contribution < -0.4 is 5.32 Å². The van der Waals surface area contributed by atoms with Crippen LogP contribution in [-0.4, -0.2) is 31.1 Å². The zero-order valence-corrected chi connectivity index (χ0v) is 17.5. The van der Waals surface area contributed by atoms with Crippen LogP contribution in [-0.2, 0) is 31.9 Å². The summed E-state index contributed by atoms with van der Waals surface area (Å²) < 4.78 is 10.4. The molecule has 1 amide bonds. The van der Waals surface area contributed by atoms with Crippen LogP contribution in [0.3, 0.4) is 0 Å². The third-order valence-electron chi connectivity index (χ3n) is 4.89. The van der Waals surface area contributed by atoms with Crippen LogP contribution >= 0.6 is 11.3 Å². The maximum atomic E-state index is 12.4. The van der Waals surface area contributed by atoms with Crippen molar-refractivity contribution in [3.8, 4) is 0 Å². The van der Waals surface area contributed by atoms with E-state index >= 15 is 0 Å². The van der Waals surface area contributed by atoms with Gasteiger partial charge in [-0.15, -0.1) is 11.3 Å². The Morgan fingerprint density at radius 1 is 1.10 bits per heavy atom. The summed E-state index contributed by atoms with van der Waals surface area (Å²) in [7, 11) is 0. The van der Waals surface area contributed by atoms with Gasteiger partial charge in [0, 0.05) is 4.88 Å². The van der Waals surface area contributed by atoms with E-state index in [0.717, 1.165) is 35.3 Å². The number of amides is 1.